The van der Waals surface area contributed by atoms with Crippen molar-refractivity contribution in [3.8, 4) is 0 Å². The molecular formula is C8H10FN3O. The molecule has 4 nitrogen and oxygen atoms in total. The summed E-state index contributed by atoms with van der Waals surface area (Å²) in [7, 11) is 3.15. The van der Waals surface area contributed by atoms with Gasteiger partial charge < -0.3 is 10.6 Å². The molecule has 13 heavy (non-hydrogen) atoms. The first-order valence-electron chi connectivity index (χ1n) is 3.65. The van der Waals surface area contributed by atoms with Gasteiger partial charge in [-0.05, 0) is 0 Å². The monoisotopic (exact) mass is 183 g/mol. The van der Waals surface area contributed by atoms with Gasteiger partial charge in [-0.15, -0.1) is 0 Å². The van der Waals surface area contributed by atoms with Crippen LogP contribution in [0.15, 0.2) is 12.3 Å². The highest BCUT2D eigenvalue weighted by Crippen LogP contribution is 2.11. The summed E-state index contributed by atoms with van der Waals surface area (Å²) in [5.41, 5.74) is 5.54. The lowest BCUT2D eigenvalue weighted by molar-refractivity contribution is 0.0823. The van der Waals surface area contributed by atoms with Crippen molar-refractivity contribution in [2.75, 3.05) is 19.8 Å². The number of rotatable bonds is 1. The number of halogens is 1. The molecule has 0 radical (unpaired) electrons. The lowest BCUT2D eigenvalue weighted by Gasteiger charge is -2.10. The largest absolute Gasteiger partial charge is 0.397 e. The van der Waals surface area contributed by atoms with Gasteiger partial charge in [0, 0.05) is 20.2 Å². The fourth-order valence-electron chi connectivity index (χ4n) is 0.845. The van der Waals surface area contributed by atoms with Crippen LogP contribution in [0.1, 0.15) is 10.5 Å². The second-order valence-electron chi connectivity index (χ2n) is 2.79. The summed E-state index contributed by atoms with van der Waals surface area (Å²) in [5.74, 6) is -0.884. The molecular weight excluding hydrogens is 173 g/mol. The van der Waals surface area contributed by atoms with Crippen LogP contribution in [0.3, 0.4) is 0 Å². The lowest BCUT2D eigenvalue weighted by atomic mass is 10.3. The summed E-state index contributed by atoms with van der Waals surface area (Å²) in [6.07, 6.45) is 0.965. The minimum atomic E-state index is -0.548. The molecule has 70 valence electrons. The molecule has 1 aromatic heterocycles. The first kappa shape index (κ1) is 9.44. The van der Waals surface area contributed by atoms with Crippen LogP contribution in [-0.2, 0) is 0 Å². The molecule has 0 aliphatic carbocycles. The van der Waals surface area contributed by atoms with Gasteiger partial charge in [-0.3, -0.25) is 4.79 Å². The normalized spacial score (nSPS) is 9.77. The van der Waals surface area contributed by atoms with Crippen LogP contribution in [-0.4, -0.2) is 29.9 Å². The number of hydrogen-bond donors (Lipinski definition) is 1. The zero-order valence-corrected chi connectivity index (χ0v) is 7.41. The minimum absolute atomic E-state index is 0.0544. The molecule has 0 bridgehead atoms. The highest BCUT2D eigenvalue weighted by atomic mass is 19.1. The van der Waals surface area contributed by atoms with E-state index in [1.54, 1.807) is 14.1 Å². The zero-order valence-electron chi connectivity index (χ0n) is 7.41. The minimum Gasteiger partial charge on any atom is -0.397 e. The van der Waals surface area contributed by atoms with E-state index in [1.807, 2.05) is 0 Å². The van der Waals surface area contributed by atoms with Crippen LogP contribution in [0.5, 0.6) is 0 Å². The SMILES string of the molecule is CN(C)C(=O)c1ncc(F)cc1N. The number of carbonyl (C=O) groups excluding carboxylic acids is 1. The van der Waals surface area contributed by atoms with Gasteiger partial charge in [0.25, 0.3) is 5.91 Å². The smallest absolute Gasteiger partial charge is 0.274 e. The first-order valence-corrected chi connectivity index (χ1v) is 3.65. The molecule has 0 aliphatic rings. The Morgan fingerprint density at radius 3 is 2.69 bits per heavy atom. The maximum Gasteiger partial charge on any atom is 0.274 e. The summed E-state index contributed by atoms with van der Waals surface area (Å²) in [6, 6.07) is 1.07. The van der Waals surface area contributed by atoms with Crippen molar-refractivity contribution < 1.29 is 9.18 Å². The predicted molar refractivity (Wildman–Crippen MR) is 46.6 cm³/mol. The van der Waals surface area contributed by atoms with Gasteiger partial charge in [0.2, 0.25) is 0 Å². The number of carbonyl (C=O) groups is 1. The van der Waals surface area contributed by atoms with E-state index in [1.165, 1.54) is 4.90 Å². The molecule has 0 saturated carbocycles. The van der Waals surface area contributed by atoms with E-state index < -0.39 is 5.82 Å². The topological polar surface area (TPSA) is 59.2 Å². The van der Waals surface area contributed by atoms with E-state index in [2.05, 4.69) is 4.98 Å². The van der Waals surface area contributed by atoms with E-state index >= 15 is 0 Å². The summed E-state index contributed by atoms with van der Waals surface area (Å²) in [4.78, 5) is 16.3. The molecule has 0 aromatic carbocycles. The van der Waals surface area contributed by atoms with Crippen LogP contribution >= 0.6 is 0 Å². The summed E-state index contributed by atoms with van der Waals surface area (Å²) in [5, 5.41) is 0. The van der Waals surface area contributed by atoms with E-state index in [4.69, 9.17) is 5.73 Å². The summed E-state index contributed by atoms with van der Waals surface area (Å²) < 4.78 is 12.5. The van der Waals surface area contributed by atoms with E-state index in [0.717, 1.165) is 12.3 Å². The fraction of sp³-hybridized carbons (Fsp3) is 0.250. The Kier molecular flexibility index (Phi) is 2.46. The standard InChI is InChI=1S/C8H10FN3O/c1-12(2)8(13)7-6(10)3-5(9)4-11-7/h3-4H,10H2,1-2H3. The van der Waals surface area contributed by atoms with Crippen molar-refractivity contribution in [3.05, 3.63) is 23.8 Å². The van der Waals surface area contributed by atoms with Crippen LogP contribution in [0.2, 0.25) is 0 Å². The van der Waals surface area contributed by atoms with Crippen LogP contribution < -0.4 is 5.73 Å². The first-order chi connectivity index (χ1) is 6.02. The number of pyridine rings is 1. The Hall–Kier alpha value is -1.65. The fourth-order valence-corrected chi connectivity index (χ4v) is 0.845. The van der Waals surface area contributed by atoms with E-state index in [-0.39, 0.29) is 17.3 Å². The Morgan fingerprint density at radius 2 is 2.23 bits per heavy atom. The molecule has 1 heterocycles. The van der Waals surface area contributed by atoms with E-state index in [9.17, 15) is 9.18 Å². The Balaban J connectivity index is 3.09. The predicted octanol–water partition coefficient (Wildman–Crippen LogP) is 0.505. The average Bonchev–Trinajstić information content (AvgIpc) is 2.03. The summed E-state index contributed by atoms with van der Waals surface area (Å²) >= 11 is 0. The van der Waals surface area contributed by atoms with Crippen LogP contribution in [0, 0.1) is 5.82 Å². The van der Waals surface area contributed by atoms with Gasteiger partial charge in [-0.1, -0.05) is 0 Å². The van der Waals surface area contributed by atoms with Gasteiger partial charge in [-0.25, -0.2) is 9.37 Å². The molecule has 2 N–H and O–H groups in total. The molecule has 0 saturated heterocycles. The highest BCUT2D eigenvalue weighted by Gasteiger charge is 2.13. The molecule has 0 atom stereocenters. The van der Waals surface area contributed by atoms with Gasteiger partial charge >= 0.3 is 0 Å². The molecule has 0 unspecified atom stereocenters. The Labute approximate surface area is 75.2 Å². The maximum atomic E-state index is 12.5. The van der Waals surface area contributed by atoms with Crippen LogP contribution in [0.25, 0.3) is 0 Å². The number of aromatic nitrogens is 1. The maximum absolute atomic E-state index is 12.5. The van der Waals surface area contributed by atoms with E-state index in [0.29, 0.717) is 0 Å². The third-order valence-corrected chi connectivity index (χ3v) is 1.49. The van der Waals surface area contributed by atoms with Crippen molar-refractivity contribution in [2.24, 2.45) is 0 Å². The molecule has 0 spiro atoms. The molecule has 5 heteroatoms. The number of nitrogens with zero attached hydrogens (tertiary/aromatic N) is 2. The lowest BCUT2D eigenvalue weighted by Crippen LogP contribution is -2.24. The number of amides is 1. The van der Waals surface area contributed by atoms with Gasteiger partial charge in [-0.2, -0.15) is 0 Å². The second-order valence-corrected chi connectivity index (χ2v) is 2.79. The third kappa shape index (κ3) is 1.93. The molecule has 1 amide bonds. The molecule has 0 fully saturated rings. The Morgan fingerprint density at radius 1 is 1.62 bits per heavy atom. The number of hydrogen-bond acceptors (Lipinski definition) is 3. The van der Waals surface area contributed by atoms with Crippen molar-refractivity contribution in [2.45, 2.75) is 0 Å². The average molecular weight is 183 g/mol. The van der Waals surface area contributed by atoms with Crippen molar-refractivity contribution in [3.63, 3.8) is 0 Å². The van der Waals surface area contributed by atoms with Gasteiger partial charge in [0.1, 0.15) is 5.82 Å². The summed E-state index contributed by atoms with van der Waals surface area (Å²) in [6.45, 7) is 0. The van der Waals surface area contributed by atoms with Crippen molar-refractivity contribution in [1.82, 2.24) is 9.88 Å². The number of nitrogen functional groups attached to an aromatic ring is 1. The molecule has 0 aliphatic heterocycles. The second kappa shape index (κ2) is 3.38. The quantitative estimate of drug-likeness (QED) is 0.689. The molecule has 1 rings (SSSR count). The highest BCUT2D eigenvalue weighted by molar-refractivity contribution is 5.96. The third-order valence-electron chi connectivity index (χ3n) is 1.49. The van der Waals surface area contributed by atoms with Crippen LogP contribution in [0.4, 0.5) is 10.1 Å². The molecule has 1 aromatic rings. The Bertz CT molecular complexity index is 338. The number of nitrogens with two attached hydrogens (primary N) is 1. The number of anilines is 1. The van der Waals surface area contributed by atoms with Gasteiger partial charge in [0.05, 0.1) is 11.9 Å². The zero-order chi connectivity index (χ0) is 10.0. The van der Waals surface area contributed by atoms with Crippen molar-refractivity contribution >= 4 is 11.6 Å². The van der Waals surface area contributed by atoms with Crippen molar-refractivity contribution in [1.29, 1.82) is 0 Å². The van der Waals surface area contributed by atoms with Gasteiger partial charge in [0.15, 0.2) is 5.69 Å².